The number of carbonyl (C=O) groups excluding carboxylic acids is 2. The molecule has 0 saturated carbocycles. The molecule has 1 heterocycles. The zero-order valence-corrected chi connectivity index (χ0v) is 10.5. The average molecular weight is 261 g/mol. The summed E-state index contributed by atoms with van der Waals surface area (Å²) < 4.78 is 0. The fourth-order valence-corrected chi connectivity index (χ4v) is 2.22. The molecule has 1 amide bonds. The highest BCUT2D eigenvalue weighted by molar-refractivity contribution is 7.12. The van der Waals surface area contributed by atoms with Crippen LogP contribution in [0.3, 0.4) is 0 Å². The lowest BCUT2D eigenvalue weighted by Crippen LogP contribution is -2.06. The van der Waals surface area contributed by atoms with E-state index in [4.69, 9.17) is 0 Å². The topological polar surface area (TPSA) is 66.4 Å². The number of benzene rings is 1. The zero-order chi connectivity index (χ0) is 13.1. The molecule has 92 valence electrons. The van der Waals surface area contributed by atoms with E-state index in [0.29, 0.717) is 10.6 Å². The molecule has 1 aromatic heterocycles. The first-order valence-electron chi connectivity index (χ1n) is 5.27. The Morgan fingerprint density at radius 2 is 2.06 bits per heavy atom. The van der Waals surface area contributed by atoms with E-state index in [-0.39, 0.29) is 23.0 Å². The summed E-state index contributed by atoms with van der Waals surface area (Å²) in [4.78, 5) is 23.5. The quantitative estimate of drug-likeness (QED) is 0.835. The van der Waals surface area contributed by atoms with Gasteiger partial charge in [-0.2, -0.15) is 0 Å². The first-order chi connectivity index (χ1) is 8.58. The highest BCUT2D eigenvalue weighted by atomic mass is 32.1. The number of phenols is 1. The molecule has 4 nitrogen and oxygen atoms in total. The fraction of sp³-hybridized carbons (Fsp3) is 0.0769. The van der Waals surface area contributed by atoms with E-state index in [9.17, 15) is 14.7 Å². The van der Waals surface area contributed by atoms with E-state index >= 15 is 0 Å². The number of ketones is 1. The number of thiophene rings is 1. The van der Waals surface area contributed by atoms with Crippen LogP contribution in [0.2, 0.25) is 0 Å². The summed E-state index contributed by atoms with van der Waals surface area (Å²) in [5.74, 6) is -0.594. The molecule has 0 fully saturated rings. The van der Waals surface area contributed by atoms with Crippen molar-refractivity contribution in [2.75, 3.05) is 5.32 Å². The Labute approximate surface area is 108 Å². The van der Waals surface area contributed by atoms with Gasteiger partial charge in [-0.15, -0.1) is 11.3 Å². The molecule has 2 rings (SSSR count). The minimum absolute atomic E-state index is 0.139. The first-order valence-corrected chi connectivity index (χ1v) is 6.14. The smallest absolute Gasteiger partial charge is 0.221 e. The van der Waals surface area contributed by atoms with Crippen LogP contribution in [-0.4, -0.2) is 16.8 Å². The Morgan fingerprint density at radius 1 is 1.28 bits per heavy atom. The van der Waals surface area contributed by atoms with E-state index in [1.165, 1.54) is 30.4 Å². The van der Waals surface area contributed by atoms with Crippen LogP contribution in [-0.2, 0) is 4.79 Å². The molecule has 0 radical (unpaired) electrons. The number of hydrogen-bond acceptors (Lipinski definition) is 4. The maximum atomic E-state index is 12.0. The Balaban J connectivity index is 2.30. The van der Waals surface area contributed by atoms with Gasteiger partial charge in [-0.25, -0.2) is 0 Å². The van der Waals surface area contributed by atoms with Gasteiger partial charge in [-0.3, -0.25) is 9.59 Å². The maximum absolute atomic E-state index is 12.0. The summed E-state index contributed by atoms with van der Waals surface area (Å²) in [5.41, 5.74) is 0.689. The molecule has 0 aliphatic rings. The Hall–Kier alpha value is -2.14. The predicted molar refractivity (Wildman–Crippen MR) is 70.2 cm³/mol. The summed E-state index contributed by atoms with van der Waals surface area (Å²) in [6, 6.07) is 7.93. The summed E-state index contributed by atoms with van der Waals surface area (Å²) >= 11 is 1.32. The maximum Gasteiger partial charge on any atom is 0.221 e. The molecular weight excluding hydrogens is 250 g/mol. The molecule has 2 aromatic rings. The number of hydrogen-bond donors (Lipinski definition) is 2. The summed E-state index contributed by atoms with van der Waals surface area (Å²) in [5, 5.41) is 14.1. The number of amides is 1. The van der Waals surface area contributed by atoms with Gasteiger partial charge in [-0.05, 0) is 23.6 Å². The van der Waals surface area contributed by atoms with Gasteiger partial charge < -0.3 is 10.4 Å². The van der Waals surface area contributed by atoms with Gasteiger partial charge >= 0.3 is 0 Å². The molecular formula is C13H11NO3S. The number of rotatable bonds is 3. The third-order valence-electron chi connectivity index (χ3n) is 2.31. The van der Waals surface area contributed by atoms with Gasteiger partial charge in [0.05, 0.1) is 10.4 Å². The van der Waals surface area contributed by atoms with Crippen LogP contribution in [0.5, 0.6) is 5.75 Å². The van der Waals surface area contributed by atoms with Crippen LogP contribution in [0.15, 0.2) is 35.7 Å². The third-order valence-corrected chi connectivity index (χ3v) is 3.18. The molecule has 0 aliphatic heterocycles. The number of phenolic OH excluding ortho intramolecular Hbond substituents is 1. The second-order valence-corrected chi connectivity index (χ2v) is 4.67. The molecule has 0 bridgehead atoms. The van der Waals surface area contributed by atoms with Crippen molar-refractivity contribution >= 4 is 28.7 Å². The summed E-state index contributed by atoms with van der Waals surface area (Å²) in [6.45, 7) is 1.38. The van der Waals surface area contributed by atoms with Crippen molar-refractivity contribution in [3.8, 4) is 5.75 Å². The molecule has 0 aliphatic carbocycles. The Morgan fingerprint density at radius 3 is 2.61 bits per heavy atom. The van der Waals surface area contributed by atoms with Crippen molar-refractivity contribution in [1.82, 2.24) is 0 Å². The highest BCUT2D eigenvalue weighted by Crippen LogP contribution is 2.25. The van der Waals surface area contributed by atoms with E-state index in [1.807, 2.05) is 0 Å². The monoisotopic (exact) mass is 261 g/mol. The minimum Gasteiger partial charge on any atom is -0.507 e. The molecule has 0 saturated heterocycles. The van der Waals surface area contributed by atoms with Crippen LogP contribution < -0.4 is 5.32 Å². The van der Waals surface area contributed by atoms with Crippen LogP contribution >= 0.6 is 11.3 Å². The zero-order valence-electron chi connectivity index (χ0n) is 9.64. The van der Waals surface area contributed by atoms with Gasteiger partial charge in [0, 0.05) is 18.7 Å². The van der Waals surface area contributed by atoms with Crippen LogP contribution in [0.1, 0.15) is 22.2 Å². The third kappa shape index (κ3) is 2.57. The van der Waals surface area contributed by atoms with Gasteiger partial charge in [0.2, 0.25) is 11.7 Å². The van der Waals surface area contributed by atoms with E-state index < -0.39 is 0 Å². The van der Waals surface area contributed by atoms with Crippen molar-refractivity contribution in [2.45, 2.75) is 6.92 Å². The predicted octanol–water partition coefficient (Wildman–Crippen LogP) is 2.64. The highest BCUT2D eigenvalue weighted by Gasteiger charge is 2.14. The second-order valence-electron chi connectivity index (χ2n) is 3.72. The van der Waals surface area contributed by atoms with Crippen molar-refractivity contribution in [3.05, 3.63) is 46.2 Å². The van der Waals surface area contributed by atoms with E-state index in [2.05, 4.69) is 5.32 Å². The molecule has 18 heavy (non-hydrogen) atoms. The standard InChI is InChI=1S/C13H11NO3S/c1-8(15)14-9-4-5-10(11(16)7-9)13(17)12-3-2-6-18-12/h2-7,16H,1H3,(H,14,15). The average Bonchev–Trinajstić information content (AvgIpc) is 2.80. The molecule has 1 aromatic carbocycles. The molecule has 2 N–H and O–H groups in total. The lowest BCUT2D eigenvalue weighted by atomic mass is 10.1. The normalized spacial score (nSPS) is 10.1. The molecule has 5 heteroatoms. The van der Waals surface area contributed by atoms with Crippen molar-refractivity contribution < 1.29 is 14.7 Å². The summed E-state index contributed by atoms with van der Waals surface area (Å²) in [7, 11) is 0. The largest absolute Gasteiger partial charge is 0.507 e. The minimum atomic E-state index is -0.230. The Kier molecular flexibility index (Phi) is 3.43. The number of carbonyl (C=O) groups is 2. The SMILES string of the molecule is CC(=O)Nc1ccc(C(=O)c2cccs2)c(O)c1. The number of anilines is 1. The lowest BCUT2D eigenvalue weighted by Gasteiger charge is -2.06. The van der Waals surface area contributed by atoms with Crippen LogP contribution in [0.25, 0.3) is 0 Å². The van der Waals surface area contributed by atoms with Crippen LogP contribution in [0.4, 0.5) is 5.69 Å². The fourth-order valence-electron chi connectivity index (χ4n) is 1.55. The lowest BCUT2D eigenvalue weighted by molar-refractivity contribution is -0.114. The van der Waals surface area contributed by atoms with Gasteiger partial charge in [0.1, 0.15) is 5.75 Å². The first kappa shape index (κ1) is 12.3. The van der Waals surface area contributed by atoms with Gasteiger partial charge in [0.15, 0.2) is 0 Å². The van der Waals surface area contributed by atoms with Gasteiger partial charge in [0.25, 0.3) is 0 Å². The Bertz CT molecular complexity index is 590. The van der Waals surface area contributed by atoms with E-state index in [0.717, 1.165) is 0 Å². The van der Waals surface area contributed by atoms with E-state index in [1.54, 1.807) is 23.6 Å². The number of nitrogens with one attached hydrogen (secondary N) is 1. The van der Waals surface area contributed by atoms with Gasteiger partial charge in [-0.1, -0.05) is 6.07 Å². The van der Waals surface area contributed by atoms with Crippen LogP contribution in [0, 0.1) is 0 Å². The molecule has 0 spiro atoms. The second kappa shape index (κ2) is 5.01. The van der Waals surface area contributed by atoms with Crippen molar-refractivity contribution in [2.24, 2.45) is 0 Å². The van der Waals surface area contributed by atoms with Crippen molar-refractivity contribution in [1.29, 1.82) is 0 Å². The molecule has 0 atom stereocenters. The molecule has 0 unspecified atom stereocenters. The van der Waals surface area contributed by atoms with Crippen molar-refractivity contribution in [3.63, 3.8) is 0 Å². The summed E-state index contributed by atoms with van der Waals surface area (Å²) in [6.07, 6.45) is 0. The number of aromatic hydroxyl groups is 1.